The maximum absolute atomic E-state index is 14.4. The smallest absolute Gasteiger partial charge is 0.264 e. The molecule has 4 rings (SSSR count). The Hall–Kier alpha value is -4.70. The summed E-state index contributed by atoms with van der Waals surface area (Å²) in [6.07, 6.45) is 0.173. The number of rotatable bonds is 13. The summed E-state index contributed by atoms with van der Waals surface area (Å²) in [7, 11) is -2.84. The van der Waals surface area contributed by atoms with Crippen LogP contribution in [0.2, 0.25) is 0 Å². The average Bonchev–Trinajstić information content (AvgIpc) is 3.02. The summed E-state index contributed by atoms with van der Waals surface area (Å²) >= 11 is 0. The van der Waals surface area contributed by atoms with Gasteiger partial charge in [0.1, 0.15) is 24.2 Å². The van der Waals surface area contributed by atoms with Gasteiger partial charge in [0.05, 0.1) is 17.7 Å². The lowest BCUT2D eigenvalue weighted by Crippen LogP contribution is -2.54. The molecule has 0 aliphatic carbocycles. The largest absolute Gasteiger partial charge is 0.495 e. The third-order valence-corrected chi connectivity index (χ3v) is 8.71. The number of hydrogen-bond acceptors (Lipinski definition) is 5. The van der Waals surface area contributed by atoms with Gasteiger partial charge in [0.15, 0.2) is 0 Å². The molecule has 0 aliphatic rings. The summed E-state index contributed by atoms with van der Waals surface area (Å²) in [5.41, 5.74) is 1.55. The van der Waals surface area contributed by atoms with Crippen molar-refractivity contribution in [1.29, 1.82) is 0 Å². The molecule has 4 aromatic carbocycles. The highest BCUT2D eigenvalue weighted by Crippen LogP contribution is 2.32. The van der Waals surface area contributed by atoms with Gasteiger partial charge in [-0.25, -0.2) is 12.8 Å². The highest BCUT2D eigenvalue weighted by atomic mass is 32.2. The lowest BCUT2D eigenvalue weighted by Gasteiger charge is -2.34. The number of sulfonamides is 1. The van der Waals surface area contributed by atoms with Crippen LogP contribution in [0.1, 0.15) is 25.0 Å². The van der Waals surface area contributed by atoms with E-state index < -0.39 is 40.2 Å². The van der Waals surface area contributed by atoms with Crippen LogP contribution in [0.3, 0.4) is 0 Å². The molecule has 8 nitrogen and oxygen atoms in total. The molecule has 44 heavy (non-hydrogen) atoms. The average molecular weight is 618 g/mol. The molecule has 0 bridgehead atoms. The standard InChI is InChI=1S/C34H36FN3O5S/c1-25(2)36-34(40)31(22-26-12-6-4-7-13-26)37(23-27-18-20-28(35)21-19-27)33(39)24-38(30-16-10-11-17-32(30)43-3)44(41,42)29-14-8-5-9-15-29/h4-21,25,31H,22-24H2,1-3H3,(H,36,40)/t31-/m1/s1. The predicted octanol–water partition coefficient (Wildman–Crippen LogP) is 5.19. The number of benzene rings is 4. The zero-order chi connectivity index (χ0) is 31.7. The zero-order valence-corrected chi connectivity index (χ0v) is 25.7. The van der Waals surface area contributed by atoms with E-state index in [0.717, 1.165) is 9.87 Å². The molecule has 0 fully saturated rings. The van der Waals surface area contributed by atoms with E-state index in [1.807, 2.05) is 44.2 Å². The van der Waals surface area contributed by atoms with E-state index in [9.17, 15) is 22.4 Å². The van der Waals surface area contributed by atoms with Gasteiger partial charge < -0.3 is 15.0 Å². The molecule has 0 saturated carbocycles. The molecule has 0 saturated heterocycles. The number of nitrogens with zero attached hydrogens (tertiary/aromatic N) is 2. The van der Waals surface area contributed by atoms with Gasteiger partial charge in [0.25, 0.3) is 10.0 Å². The Morgan fingerprint density at radius 2 is 1.41 bits per heavy atom. The maximum Gasteiger partial charge on any atom is 0.264 e. The van der Waals surface area contributed by atoms with Gasteiger partial charge in [0.2, 0.25) is 11.8 Å². The van der Waals surface area contributed by atoms with Gasteiger partial charge in [-0.1, -0.05) is 72.8 Å². The molecule has 0 heterocycles. The van der Waals surface area contributed by atoms with Crippen molar-refractivity contribution < 1.29 is 27.1 Å². The first kappa shape index (κ1) is 32.2. The number of ether oxygens (including phenoxy) is 1. The van der Waals surface area contributed by atoms with E-state index >= 15 is 0 Å². The first-order chi connectivity index (χ1) is 21.1. The Labute approximate surface area is 258 Å². The number of carbonyl (C=O) groups excluding carboxylic acids is 2. The molecule has 2 amide bonds. The first-order valence-electron chi connectivity index (χ1n) is 14.2. The lowest BCUT2D eigenvalue weighted by molar-refractivity contribution is -0.140. The van der Waals surface area contributed by atoms with Crippen molar-refractivity contribution in [3.8, 4) is 5.75 Å². The Balaban J connectivity index is 1.82. The third kappa shape index (κ3) is 8.02. The fourth-order valence-corrected chi connectivity index (χ4v) is 6.24. The third-order valence-electron chi connectivity index (χ3n) is 6.93. The predicted molar refractivity (Wildman–Crippen MR) is 168 cm³/mol. The summed E-state index contributed by atoms with van der Waals surface area (Å²) < 4.78 is 48.4. The summed E-state index contributed by atoms with van der Waals surface area (Å²) in [6.45, 7) is 2.95. The summed E-state index contributed by atoms with van der Waals surface area (Å²) in [5.74, 6) is -1.21. The van der Waals surface area contributed by atoms with Crippen LogP contribution in [-0.4, -0.2) is 50.9 Å². The second kappa shape index (κ2) is 14.7. The van der Waals surface area contributed by atoms with E-state index in [4.69, 9.17) is 4.74 Å². The van der Waals surface area contributed by atoms with Crippen molar-refractivity contribution >= 4 is 27.5 Å². The van der Waals surface area contributed by atoms with E-state index in [-0.39, 0.29) is 35.3 Å². The number of nitrogens with one attached hydrogen (secondary N) is 1. The molecule has 1 N–H and O–H groups in total. The number of para-hydroxylation sites is 2. The number of hydrogen-bond donors (Lipinski definition) is 1. The van der Waals surface area contributed by atoms with Gasteiger partial charge in [-0.3, -0.25) is 13.9 Å². The molecule has 0 spiro atoms. The van der Waals surface area contributed by atoms with Crippen molar-refractivity contribution in [3.05, 3.63) is 126 Å². The van der Waals surface area contributed by atoms with E-state index in [2.05, 4.69) is 5.32 Å². The topological polar surface area (TPSA) is 96.0 Å². The van der Waals surface area contributed by atoms with Crippen molar-refractivity contribution in [2.45, 2.75) is 43.8 Å². The normalized spacial score (nSPS) is 11.9. The second-order valence-corrected chi connectivity index (χ2v) is 12.4. The Morgan fingerprint density at radius 1 is 0.818 bits per heavy atom. The van der Waals surface area contributed by atoms with Crippen LogP contribution >= 0.6 is 0 Å². The van der Waals surface area contributed by atoms with Crippen LogP contribution in [-0.2, 0) is 32.6 Å². The quantitative estimate of drug-likeness (QED) is 0.223. The highest BCUT2D eigenvalue weighted by molar-refractivity contribution is 7.92. The van der Waals surface area contributed by atoms with E-state index in [1.54, 1.807) is 42.5 Å². The minimum atomic E-state index is -4.26. The Morgan fingerprint density at radius 3 is 2.02 bits per heavy atom. The fourth-order valence-electron chi connectivity index (χ4n) is 4.79. The molecule has 0 radical (unpaired) electrons. The van der Waals surface area contributed by atoms with E-state index in [0.29, 0.717) is 5.56 Å². The molecule has 10 heteroatoms. The highest BCUT2D eigenvalue weighted by Gasteiger charge is 2.35. The molecule has 1 atom stereocenters. The Kier molecular flexibility index (Phi) is 10.7. The van der Waals surface area contributed by atoms with Gasteiger partial charge in [0, 0.05) is 19.0 Å². The molecular weight excluding hydrogens is 581 g/mol. The SMILES string of the molecule is COc1ccccc1N(CC(=O)N(Cc1ccc(F)cc1)[C@H](Cc1ccccc1)C(=O)NC(C)C)S(=O)(=O)c1ccccc1. The van der Waals surface area contributed by atoms with Crippen molar-refractivity contribution in [2.75, 3.05) is 18.0 Å². The molecule has 0 aliphatic heterocycles. The van der Waals surface area contributed by atoms with Crippen LogP contribution in [0.4, 0.5) is 10.1 Å². The second-order valence-electron chi connectivity index (χ2n) is 10.5. The Bertz CT molecular complexity index is 1650. The maximum atomic E-state index is 14.4. The van der Waals surface area contributed by atoms with Crippen LogP contribution in [0.15, 0.2) is 114 Å². The van der Waals surface area contributed by atoms with Crippen molar-refractivity contribution in [3.63, 3.8) is 0 Å². The summed E-state index contributed by atoms with van der Waals surface area (Å²) in [4.78, 5) is 29.5. The number of methoxy groups -OCH3 is 1. The van der Waals surface area contributed by atoms with Crippen molar-refractivity contribution in [2.24, 2.45) is 0 Å². The van der Waals surface area contributed by atoms with Crippen LogP contribution in [0.25, 0.3) is 0 Å². The molecule has 0 aromatic heterocycles. The van der Waals surface area contributed by atoms with Gasteiger partial charge in [-0.15, -0.1) is 0 Å². The fraction of sp³-hybridized carbons (Fsp3) is 0.235. The number of anilines is 1. The van der Waals surface area contributed by atoms with Crippen molar-refractivity contribution in [1.82, 2.24) is 10.2 Å². The monoisotopic (exact) mass is 617 g/mol. The zero-order valence-electron chi connectivity index (χ0n) is 24.9. The minimum Gasteiger partial charge on any atom is -0.495 e. The minimum absolute atomic E-state index is 0.0119. The molecule has 230 valence electrons. The number of amides is 2. The number of carbonyl (C=O) groups is 2. The van der Waals surface area contributed by atoms with Crippen LogP contribution in [0.5, 0.6) is 5.75 Å². The lowest BCUT2D eigenvalue weighted by atomic mass is 10.0. The van der Waals surface area contributed by atoms with Gasteiger partial charge >= 0.3 is 0 Å². The molecule has 0 unspecified atom stereocenters. The van der Waals surface area contributed by atoms with E-state index in [1.165, 1.54) is 48.4 Å². The molecular formula is C34H36FN3O5S. The van der Waals surface area contributed by atoms with Gasteiger partial charge in [-0.2, -0.15) is 0 Å². The number of halogens is 1. The first-order valence-corrected chi connectivity index (χ1v) is 15.6. The summed E-state index contributed by atoms with van der Waals surface area (Å²) in [5, 5.41) is 2.91. The van der Waals surface area contributed by atoms with Crippen LogP contribution < -0.4 is 14.4 Å². The molecule has 4 aromatic rings. The van der Waals surface area contributed by atoms with Gasteiger partial charge in [-0.05, 0) is 61.4 Å². The van der Waals surface area contributed by atoms with Crippen LogP contribution in [0, 0.1) is 5.82 Å². The summed E-state index contributed by atoms with van der Waals surface area (Å²) in [6, 6.07) is 28.0.